The number of nitrogen functional groups attached to an aromatic ring is 1. The van der Waals surface area contributed by atoms with Gasteiger partial charge in [-0.1, -0.05) is 20.8 Å². The second-order valence-corrected chi connectivity index (χ2v) is 5.47. The summed E-state index contributed by atoms with van der Waals surface area (Å²) in [6, 6.07) is 6.26. The van der Waals surface area contributed by atoms with Crippen LogP contribution in [0.1, 0.15) is 39.6 Å². The summed E-state index contributed by atoms with van der Waals surface area (Å²) in [5.74, 6) is 1.59. The highest BCUT2D eigenvalue weighted by Crippen LogP contribution is 2.28. The second-order valence-electron chi connectivity index (χ2n) is 5.47. The minimum absolute atomic E-state index is 0.304. The summed E-state index contributed by atoms with van der Waals surface area (Å²) < 4.78 is 8.01. The highest BCUT2D eigenvalue weighted by Gasteiger charge is 2.21. The Bertz CT molecular complexity index is 574. The molecule has 2 N–H and O–H groups in total. The highest BCUT2D eigenvalue weighted by atomic mass is 16.5. The standard InChI is InChI=1S/C16H25N3O/c1-5-16-18-13-9-12(17)7-8-14(13)19(16)15(11(3)4)10-20-6-2/h7-9,11,15H,5-6,10,17H2,1-4H3. The molecule has 4 heteroatoms. The fraction of sp³-hybridized carbons (Fsp3) is 0.562. The number of aromatic nitrogens is 2. The maximum absolute atomic E-state index is 5.87. The predicted octanol–water partition coefficient (Wildman–Crippen LogP) is 3.41. The van der Waals surface area contributed by atoms with Crippen molar-refractivity contribution in [1.82, 2.24) is 9.55 Å². The van der Waals surface area contributed by atoms with Gasteiger partial charge in [0.2, 0.25) is 0 Å². The Hall–Kier alpha value is -1.55. The molecule has 2 aromatic rings. The zero-order chi connectivity index (χ0) is 14.7. The lowest BCUT2D eigenvalue weighted by Crippen LogP contribution is -2.22. The molecular formula is C16H25N3O. The Morgan fingerprint density at radius 1 is 1.30 bits per heavy atom. The third kappa shape index (κ3) is 2.80. The van der Waals surface area contributed by atoms with Crippen LogP contribution in [0.15, 0.2) is 18.2 Å². The van der Waals surface area contributed by atoms with Crippen LogP contribution in [-0.4, -0.2) is 22.8 Å². The van der Waals surface area contributed by atoms with Gasteiger partial charge in [0.05, 0.1) is 23.7 Å². The molecular weight excluding hydrogens is 250 g/mol. The van der Waals surface area contributed by atoms with Gasteiger partial charge < -0.3 is 15.0 Å². The van der Waals surface area contributed by atoms with E-state index in [-0.39, 0.29) is 0 Å². The zero-order valence-electron chi connectivity index (χ0n) is 12.9. The van der Waals surface area contributed by atoms with Crippen molar-refractivity contribution in [3.8, 4) is 0 Å². The average Bonchev–Trinajstić information content (AvgIpc) is 2.76. The van der Waals surface area contributed by atoms with Crippen LogP contribution in [0.4, 0.5) is 5.69 Å². The number of fused-ring (bicyclic) bond motifs is 1. The number of aryl methyl sites for hydroxylation is 1. The molecule has 0 saturated heterocycles. The van der Waals surface area contributed by atoms with Gasteiger partial charge in [0.15, 0.2) is 0 Å². The lowest BCUT2D eigenvalue weighted by molar-refractivity contribution is 0.0969. The van der Waals surface area contributed by atoms with Crippen molar-refractivity contribution in [3.05, 3.63) is 24.0 Å². The number of benzene rings is 1. The van der Waals surface area contributed by atoms with Gasteiger partial charge in [0, 0.05) is 18.7 Å². The van der Waals surface area contributed by atoms with E-state index in [2.05, 4.69) is 31.4 Å². The van der Waals surface area contributed by atoms with Gasteiger partial charge in [-0.3, -0.25) is 0 Å². The SMILES string of the molecule is CCOCC(C(C)C)n1c(CC)nc2cc(N)ccc21. The molecule has 0 aliphatic heterocycles. The van der Waals surface area contributed by atoms with Crippen molar-refractivity contribution in [3.63, 3.8) is 0 Å². The van der Waals surface area contributed by atoms with Crippen LogP contribution in [0.25, 0.3) is 11.0 Å². The molecule has 1 atom stereocenters. The molecule has 0 spiro atoms. The predicted molar refractivity (Wildman–Crippen MR) is 83.9 cm³/mol. The van der Waals surface area contributed by atoms with Crippen LogP contribution in [0.5, 0.6) is 0 Å². The Balaban J connectivity index is 2.54. The maximum Gasteiger partial charge on any atom is 0.109 e. The third-order valence-electron chi connectivity index (χ3n) is 3.70. The van der Waals surface area contributed by atoms with Crippen LogP contribution >= 0.6 is 0 Å². The lowest BCUT2D eigenvalue weighted by atomic mass is 10.0. The number of anilines is 1. The van der Waals surface area contributed by atoms with Gasteiger partial charge in [0.25, 0.3) is 0 Å². The first kappa shape index (κ1) is 14.9. The second kappa shape index (κ2) is 6.27. The summed E-state index contributed by atoms with van der Waals surface area (Å²) in [7, 11) is 0. The molecule has 1 aromatic heterocycles. The van der Waals surface area contributed by atoms with Gasteiger partial charge in [-0.25, -0.2) is 4.98 Å². The molecule has 110 valence electrons. The number of nitrogens with zero attached hydrogens (tertiary/aromatic N) is 2. The molecule has 1 unspecified atom stereocenters. The number of ether oxygens (including phenoxy) is 1. The number of imidazole rings is 1. The van der Waals surface area contributed by atoms with E-state index in [4.69, 9.17) is 15.5 Å². The Kier molecular flexibility index (Phi) is 4.65. The molecule has 2 rings (SSSR count). The number of nitrogens with two attached hydrogens (primary N) is 1. The van der Waals surface area contributed by atoms with Crippen LogP contribution in [0.2, 0.25) is 0 Å². The average molecular weight is 275 g/mol. The van der Waals surface area contributed by atoms with E-state index < -0.39 is 0 Å². The quantitative estimate of drug-likeness (QED) is 0.822. The van der Waals surface area contributed by atoms with Gasteiger partial charge in [-0.05, 0) is 31.0 Å². The molecule has 0 saturated carbocycles. The minimum atomic E-state index is 0.304. The van der Waals surface area contributed by atoms with Gasteiger partial charge in [-0.2, -0.15) is 0 Å². The van der Waals surface area contributed by atoms with Crippen LogP contribution in [0.3, 0.4) is 0 Å². The van der Waals surface area contributed by atoms with Crippen molar-refractivity contribution in [1.29, 1.82) is 0 Å². The summed E-state index contributed by atoms with van der Waals surface area (Å²) >= 11 is 0. The van der Waals surface area contributed by atoms with Crippen molar-refractivity contribution < 1.29 is 4.74 Å². The monoisotopic (exact) mass is 275 g/mol. The zero-order valence-corrected chi connectivity index (χ0v) is 12.9. The molecule has 0 aliphatic carbocycles. The Morgan fingerprint density at radius 3 is 2.65 bits per heavy atom. The van der Waals surface area contributed by atoms with E-state index in [9.17, 15) is 0 Å². The van der Waals surface area contributed by atoms with Gasteiger partial charge in [0.1, 0.15) is 5.82 Å². The van der Waals surface area contributed by atoms with Crippen molar-refractivity contribution in [2.45, 2.75) is 40.2 Å². The lowest BCUT2D eigenvalue weighted by Gasteiger charge is -2.25. The van der Waals surface area contributed by atoms with E-state index in [0.717, 1.165) is 42.2 Å². The summed E-state index contributed by atoms with van der Waals surface area (Å²) in [4.78, 5) is 4.73. The molecule has 0 aliphatic rings. The molecule has 0 amide bonds. The molecule has 0 radical (unpaired) electrons. The largest absolute Gasteiger partial charge is 0.399 e. The number of hydrogen-bond acceptors (Lipinski definition) is 3. The van der Waals surface area contributed by atoms with Crippen molar-refractivity contribution in [2.75, 3.05) is 18.9 Å². The normalized spacial score (nSPS) is 13.2. The highest BCUT2D eigenvalue weighted by molar-refractivity contribution is 5.79. The Morgan fingerprint density at radius 2 is 2.05 bits per heavy atom. The first-order chi connectivity index (χ1) is 9.58. The third-order valence-corrected chi connectivity index (χ3v) is 3.70. The van der Waals surface area contributed by atoms with E-state index in [1.54, 1.807) is 0 Å². The molecule has 4 nitrogen and oxygen atoms in total. The summed E-state index contributed by atoms with van der Waals surface area (Å²) in [5, 5.41) is 0. The number of hydrogen-bond donors (Lipinski definition) is 1. The summed E-state index contributed by atoms with van der Waals surface area (Å²) in [6.45, 7) is 10.1. The fourth-order valence-corrected chi connectivity index (χ4v) is 2.59. The molecule has 20 heavy (non-hydrogen) atoms. The first-order valence-electron chi connectivity index (χ1n) is 7.42. The van der Waals surface area contributed by atoms with Crippen molar-refractivity contribution >= 4 is 16.7 Å². The van der Waals surface area contributed by atoms with Gasteiger partial charge in [-0.15, -0.1) is 0 Å². The van der Waals surface area contributed by atoms with Crippen LogP contribution in [-0.2, 0) is 11.2 Å². The minimum Gasteiger partial charge on any atom is -0.399 e. The number of rotatable bonds is 6. The van der Waals surface area contributed by atoms with Crippen molar-refractivity contribution in [2.24, 2.45) is 5.92 Å². The molecule has 1 aromatic carbocycles. The maximum atomic E-state index is 5.87. The first-order valence-corrected chi connectivity index (χ1v) is 7.42. The summed E-state index contributed by atoms with van der Waals surface area (Å²) in [6.07, 6.45) is 0.907. The van der Waals surface area contributed by atoms with Gasteiger partial charge >= 0.3 is 0 Å². The van der Waals surface area contributed by atoms with Crippen LogP contribution in [0, 0.1) is 5.92 Å². The van der Waals surface area contributed by atoms with E-state index in [0.29, 0.717) is 12.0 Å². The van der Waals surface area contributed by atoms with E-state index in [1.165, 1.54) is 0 Å². The molecule has 0 bridgehead atoms. The molecule has 0 fully saturated rings. The molecule has 1 heterocycles. The van der Waals surface area contributed by atoms with E-state index in [1.807, 2.05) is 19.1 Å². The van der Waals surface area contributed by atoms with E-state index >= 15 is 0 Å². The Labute approximate surface area is 120 Å². The summed E-state index contributed by atoms with van der Waals surface area (Å²) in [5.41, 5.74) is 8.75. The topological polar surface area (TPSA) is 53.1 Å². The van der Waals surface area contributed by atoms with Crippen LogP contribution < -0.4 is 5.73 Å². The smallest absolute Gasteiger partial charge is 0.109 e. The fourth-order valence-electron chi connectivity index (χ4n) is 2.59.